The minimum atomic E-state index is -0.597. The number of Topliss-reactive ketones (excluding diaryl/α,β-unsaturated/α-hetero) is 1. The second-order valence-electron chi connectivity index (χ2n) is 10.3. The number of ether oxygens (including phenoxy) is 1. The summed E-state index contributed by atoms with van der Waals surface area (Å²) in [5.74, 6) is 0.238. The van der Waals surface area contributed by atoms with Crippen molar-refractivity contribution < 1.29 is 14.6 Å². The lowest BCUT2D eigenvalue weighted by molar-refractivity contribution is -0.118. The smallest absolute Gasteiger partial charge is 0.162 e. The van der Waals surface area contributed by atoms with Crippen molar-refractivity contribution in [2.45, 2.75) is 32.6 Å². The molecule has 0 fully saturated rings. The maximum absolute atomic E-state index is 13.9. The maximum atomic E-state index is 13.9. The van der Waals surface area contributed by atoms with Gasteiger partial charge in [0.05, 0.1) is 7.11 Å². The minimum absolute atomic E-state index is 0.0189. The van der Waals surface area contributed by atoms with Gasteiger partial charge >= 0.3 is 0 Å². The molecule has 1 atom stereocenters. The maximum Gasteiger partial charge on any atom is 0.162 e. The lowest BCUT2D eigenvalue weighted by atomic mass is 9.67. The minimum Gasteiger partial charge on any atom is -0.507 e. The van der Waals surface area contributed by atoms with Crippen LogP contribution in [0, 0.1) is 10.8 Å². The van der Waals surface area contributed by atoms with Gasteiger partial charge in [-0.05, 0) is 53.8 Å². The summed E-state index contributed by atoms with van der Waals surface area (Å²) in [4.78, 5) is 15.7. The molecule has 1 heterocycles. The zero-order valence-corrected chi connectivity index (χ0v) is 21.8. The lowest BCUT2D eigenvalue weighted by Gasteiger charge is -2.45. The normalized spacial score (nSPS) is 20.5. The fourth-order valence-corrected chi connectivity index (χ4v) is 5.50. The summed E-state index contributed by atoms with van der Waals surface area (Å²) in [5.41, 5.74) is 3.65. The highest BCUT2D eigenvalue weighted by Crippen LogP contribution is 2.51. The van der Waals surface area contributed by atoms with E-state index in [2.05, 4.69) is 13.8 Å². The van der Waals surface area contributed by atoms with Crippen LogP contribution in [0.5, 0.6) is 5.75 Å². The SMILES string of the molecule is COc1ccc(C2C(=C(O)c3ccccc3)C(=N)N(c3ccc(Cl)cc3)C3=C2C(=O)CC(C)(C)C3)cc1. The number of benzene rings is 3. The third-order valence-corrected chi connectivity index (χ3v) is 7.31. The van der Waals surface area contributed by atoms with Crippen LogP contribution in [0.4, 0.5) is 5.69 Å². The van der Waals surface area contributed by atoms with E-state index in [4.69, 9.17) is 16.3 Å². The molecule has 37 heavy (non-hydrogen) atoms. The van der Waals surface area contributed by atoms with Gasteiger partial charge in [-0.25, -0.2) is 0 Å². The highest BCUT2D eigenvalue weighted by molar-refractivity contribution is 6.30. The lowest BCUT2D eigenvalue weighted by Crippen LogP contribution is -2.45. The van der Waals surface area contributed by atoms with Gasteiger partial charge in [-0.3, -0.25) is 15.1 Å². The molecule has 0 bridgehead atoms. The largest absolute Gasteiger partial charge is 0.507 e. The summed E-state index contributed by atoms with van der Waals surface area (Å²) in [5, 5.41) is 21.7. The molecule has 6 heteroatoms. The monoisotopic (exact) mass is 512 g/mol. The van der Waals surface area contributed by atoms with E-state index in [0.29, 0.717) is 40.3 Å². The van der Waals surface area contributed by atoms with Crippen molar-refractivity contribution in [2.75, 3.05) is 12.0 Å². The van der Waals surface area contributed by atoms with Crippen LogP contribution in [0.2, 0.25) is 5.02 Å². The van der Waals surface area contributed by atoms with Crippen molar-refractivity contribution >= 4 is 34.7 Å². The van der Waals surface area contributed by atoms with Gasteiger partial charge in [0.25, 0.3) is 0 Å². The molecule has 3 aromatic rings. The molecule has 1 aliphatic carbocycles. The Morgan fingerprint density at radius 2 is 1.65 bits per heavy atom. The number of hydrogen-bond acceptors (Lipinski definition) is 4. The van der Waals surface area contributed by atoms with Crippen molar-refractivity contribution in [3.63, 3.8) is 0 Å². The van der Waals surface area contributed by atoms with E-state index in [-0.39, 0.29) is 22.8 Å². The van der Waals surface area contributed by atoms with Crippen LogP contribution in [0.3, 0.4) is 0 Å². The molecule has 0 radical (unpaired) electrons. The second kappa shape index (κ2) is 9.56. The number of carbonyl (C=O) groups excluding carboxylic acids is 1. The molecule has 1 aliphatic heterocycles. The number of nitrogens with zero attached hydrogens (tertiary/aromatic N) is 1. The molecular weight excluding hydrogens is 484 g/mol. The van der Waals surface area contributed by atoms with Crippen molar-refractivity contribution in [1.82, 2.24) is 0 Å². The van der Waals surface area contributed by atoms with Crippen LogP contribution in [-0.2, 0) is 4.79 Å². The number of aliphatic hydroxyl groups excluding tert-OH is 1. The Balaban J connectivity index is 1.83. The Labute approximate surface area is 222 Å². The van der Waals surface area contributed by atoms with E-state index in [0.717, 1.165) is 16.9 Å². The Kier molecular flexibility index (Phi) is 6.42. The number of anilines is 1. The zero-order chi connectivity index (χ0) is 26.3. The number of aliphatic hydroxyl groups is 1. The van der Waals surface area contributed by atoms with E-state index in [1.807, 2.05) is 66.7 Å². The number of hydrogen-bond donors (Lipinski definition) is 2. The van der Waals surface area contributed by atoms with Crippen LogP contribution in [0.25, 0.3) is 5.76 Å². The van der Waals surface area contributed by atoms with Gasteiger partial charge in [-0.2, -0.15) is 0 Å². The number of halogens is 1. The van der Waals surface area contributed by atoms with Crippen molar-refractivity contribution in [3.05, 3.63) is 112 Å². The number of methoxy groups -OCH3 is 1. The molecule has 5 nitrogen and oxygen atoms in total. The van der Waals surface area contributed by atoms with E-state index in [1.165, 1.54) is 0 Å². The molecular formula is C31H29ClN2O3. The quantitative estimate of drug-likeness (QED) is 0.354. The molecule has 0 saturated heterocycles. The first-order valence-electron chi connectivity index (χ1n) is 12.2. The first kappa shape index (κ1) is 24.8. The summed E-state index contributed by atoms with van der Waals surface area (Å²) in [6.07, 6.45) is 1.00. The van der Waals surface area contributed by atoms with Crippen LogP contribution < -0.4 is 9.64 Å². The highest BCUT2D eigenvalue weighted by atomic mass is 35.5. The fourth-order valence-electron chi connectivity index (χ4n) is 5.37. The number of allylic oxidation sites excluding steroid dienone is 2. The van der Waals surface area contributed by atoms with Crippen LogP contribution >= 0.6 is 11.6 Å². The summed E-state index contributed by atoms with van der Waals surface area (Å²) in [6.45, 7) is 4.15. The molecule has 5 rings (SSSR count). The molecule has 0 saturated carbocycles. The van der Waals surface area contributed by atoms with Crippen molar-refractivity contribution in [1.29, 1.82) is 5.41 Å². The van der Waals surface area contributed by atoms with E-state index in [9.17, 15) is 15.3 Å². The molecule has 188 valence electrons. The topological polar surface area (TPSA) is 73.6 Å². The average molecular weight is 513 g/mol. The number of nitrogens with one attached hydrogen (secondary N) is 1. The first-order chi connectivity index (χ1) is 17.7. The van der Waals surface area contributed by atoms with Crippen molar-refractivity contribution in [2.24, 2.45) is 5.41 Å². The summed E-state index contributed by atoms with van der Waals surface area (Å²) < 4.78 is 5.36. The summed E-state index contributed by atoms with van der Waals surface area (Å²) >= 11 is 6.18. The summed E-state index contributed by atoms with van der Waals surface area (Å²) in [6, 6.07) is 23.9. The van der Waals surface area contributed by atoms with Gasteiger partial charge in [0.15, 0.2) is 5.78 Å². The zero-order valence-electron chi connectivity index (χ0n) is 21.1. The predicted molar refractivity (Wildman–Crippen MR) is 148 cm³/mol. The van der Waals surface area contributed by atoms with Gasteiger partial charge in [-0.15, -0.1) is 0 Å². The standard InChI is InChI=1S/C31H29ClN2O3/c1-31(2)17-24-27(25(35)18-31)26(19-9-15-23(37-3)16-10-19)28(29(36)20-7-5-4-6-8-20)30(33)34(24)22-13-11-21(32)12-14-22/h4-16,26,33,36H,17-18H2,1-3H3. The van der Waals surface area contributed by atoms with Gasteiger partial charge in [0, 0.05) is 45.5 Å². The van der Waals surface area contributed by atoms with Gasteiger partial charge in [-0.1, -0.05) is 67.9 Å². The Morgan fingerprint density at radius 1 is 1.00 bits per heavy atom. The Hall–Kier alpha value is -3.83. The summed E-state index contributed by atoms with van der Waals surface area (Å²) in [7, 11) is 1.61. The van der Waals surface area contributed by atoms with Crippen LogP contribution in [-0.4, -0.2) is 23.8 Å². The highest BCUT2D eigenvalue weighted by Gasteiger charge is 2.46. The van der Waals surface area contributed by atoms with E-state index < -0.39 is 5.92 Å². The molecule has 3 aromatic carbocycles. The fraction of sp³-hybridized carbons (Fsp3) is 0.226. The van der Waals surface area contributed by atoms with Crippen LogP contribution in [0.15, 0.2) is 95.7 Å². The van der Waals surface area contributed by atoms with E-state index >= 15 is 0 Å². The van der Waals surface area contributed by atoms with Gasteiger partial charge < -0.3 is 9.84 Å². The van der Waals surface area contributed by atoms with Crippen LogP contribution in [0.1, 0.15) is 43.7 Å². The Bertz CT molecular complexity index is 1420. The first-order valence-corrected chi connectivity index (χ1v) is 12.6. The van der Waals surface area contributed by atoms with Gasteiger partial charge in [0.2, 0.25) is 0 Å². The Morgan fingerprint density at radius 3 is 2.27 bits per heavy atom. The molecule has 2 N–H and O–H groups in total. The average Bonchev–Trinajstić information content (AvgIpc) is 2.88. The molecule has 0 aromatic heterocycles. The second-order valence-corrected chi connectivity index (χ2v) is 10.7. The number of rotatable bonds is 4. The van der Waals surface area contributed by atoms with Crippen molar-refractivity contribution in [3.8, 4) is 5.75 Å². The molecule has 2 aliphatic rings. The number of carbonyl (C=O) groups is 1. The predicted octanol–water partition coefficient (Wildman–Crippen LogP) is 7.54. The third-order valence-electron chi connectivity index (χ3n) is 7.06. The van der Waals surface area contributed by atoms with E-state index in [1.54, 1.807) is 24.1 Å². The molecule has 0 amide bonds. The molecule has 1 unspecified atom stereocenters. The third kappa shape index (κ3) is 4.56. The molecule has 0 spiro atoms. The number of ketones is 1. The van der Waals surface area contributed by atoms with Gasteiger partial charge in [0.1, 0.15) is 17.3 Å². The number of amidine groups is 1.